The van der Waals surface area contributed by atoms with Crippen LogP contribution in [0.25, 0.3) is 10.8 Å². The maximum absolute atomic E-state index is 12.1. The van der Waals surface area contributed by atoms with Crippen molar-refractivity contribution in [2.24, 2.45) is 0 Å². The number of hydrogen-bond donors (Lipinski definition) is 0. The van der Waals surface area contributed by atoms with Gasteiger partial charge in [0.15, 0.2) is 0 Å². The van der Waals surface area contributed by atoms with Gasteiger partial charge in [-0.25, -0.2) is 4.79 Å². The predicted molar refractivity (Wildman–Crippen MR) is 99.7 cm³/mol. The first-order valence-corrected chi connectivity index (χ1v) is 9.23. The maximum atomic E-state index is 12.1. The monoisotopic (exact) mass is 338 g/mol. The minimum atomic E-state index is -0.196. The Bertz CT molecular complexity index is 800. The Labute approximate surface area is 149 Å². The van der Waals surface area contributed by atoms with Gasteiger partial charge in [-0.05, 0) is 69.0 Å². The van der Waals surface area contributed by atoms with E-state index in [4.69, 9.17) is 4.74 Å². The third-order valence-electron chi connectivity index (χ3n) is 5.71. The minimum absolute atomic E-state index is 0.196. The Kier molecular flexibility index (Phi) is 4.48. The molecule has 2 aliphatic rings. The highest BCUT2D eigenvalue weighted by Crippen LogP contribution is 2.31. The molecule has 4 nitrogen and oxygen atoms in total. The van der Waals surface area contributed by atoms with E-state index < -0.39 is 0 Å². The number of rotatable bonds is 3. The van der Waals surface area contributed by atoms with Crippen LogP contribution in [-0.4, -0.2) is 49.0 Å². The largest absolute Gasteiger partial charge is 0.457 e. The van der Waals surface area contributed by atoms with Crippen LogP contribution in [-0.2, 0) is 17.9 Å². The number of ether oxygens (including phenoxy) is 1. The molecule has 0 saturated carbocycles. The van der Waals surface area contributed by atoms with Gasteiger partial charge in [-0.15, -0.1) is 0 Å². The molecule has 2 aromatic carbocycles. The van der Waals surface area contributed by atoms with Crippen molar-refractivity contribution in [2.75, 3.05) is 27.2 Å². The molecule has 0 amide bonds. The SMILES string of the molecule is CN(C)[C@@H]1CCCN(Cc2ccc3c4c(cccc24)C(=O)OC3)CC1. The number of cyclic esters (lactones) is 1. The normalized spacial score (nSPS) is 21.4. The average Bonchev–Trinajstić information content (AvgIpc) is 2.85. The lowest BCUT2D eigenvalue weighted by atomic mass is 9.94. The summed E-state index contributed by atoms with van der Waals surface area (Å²) in [5.41, 5.74) is 3.15. The van der Waals surface area contributed by atoms with Crippen molar-refractivity contribution in [1.82, 2.24) is 9.80 Å². The van der Waals surface area contributed by atoms with Gasteiger partial charge in [-0.3, -0.25) is 4.90 Å². The number of likely N-dealkylation sites (tertiary alicyclic amines) is 1. The summed E-state index contributed by atoms with van der Waals surface area (Å²) in [6.45, 7) is 3.62. The fraction of sp³-hybridized carbons (Fsp3) is 0.476. The van der Waals surface area contributed by atoms with Gasteiger partial charge in [0.05, 0.1) is 5.56 Å². The van der Waals surface area contributed by atoms with Gasteiger partial charge < -0.3 is 9.64 Å². The van der Waals surface area contributed by atoms with E-state index in [0.29, 0.717) is 18.2 Å². The zero-order valence-corrected chi connectivity index (χ0v) is 15.1. The lowest BCUT2D eigenvalue weighted by Gasteiger charge is -2.24. The first-order valence-electron chi connectivity index (χ1n) is 9.23. The number of carbonyl (C=O) groups is 1. The lowest BCUT2D eigenvalue weighted by molar-refractivity contribution is 0.0463. The van der Waals surface area contributed by atoms with Crippen molar-refractivity contribution < 1.29 is 9.53 Å². The Balaban J connectivity index is 1.62. The molecular formula is C21H26N2O2. The highest BCUT2D eigenvalue weighted by Gasteiger charge is 2.23. The number of hydrogen-bond acceptors (Lipinski definition) is 4. The fourth-order valence-corrected chi connectivity index (χ4v) is 4.24. The Morgan fingerprint density at radius 2 is 2.04 bits per heavy atom. The van der Waals surface area contributed by atoms with Gasteiger partial charge in [-0.1, -0.05) is 24.3 Å². The van der Waals surface area contributed by atoms with Crippen LogP contribution in [0.3, 0.4) is 0 Å². The molecular weight excluding hydrogens is 312 g/mol. The molecule has 1 fully saturated rings. The predicted octanol–water partition coefficient (Wildman–Crippen LogP) is 3.43. The second-order valence-corrected chi connectivity index (χ2v) is 7.51. The third-order valence-corrected chi connectivity index (χ3v) is 5.71. The molecule has 132 valence electrons. The Morgan fingerprint density at radius 3 is 2.88 bits per heavy atom. The Hall–Kier alpha value is -1.91. The van der Waals surface area contributed by atoms with E-state index in [1.165, 1.54) is 30.2 Å². The molecule has 0 spiro atoms. The summed E-state index contributed by atoms with van der Waals surface area (Å²) in [6, 6.07) is 11.0. The van der Waals surface area contributed by atoms with Crippen LogP contribution >= 0.6 is 0 Å². The van der Waals surface area contributed by atoms with Gasteiger partial charge in [0, 0.05) is 18.0 Å². The van der Waals surface area contributed by atoms with Crippen molar-refractivity contribution in [3.05, 3.63) is 47.0 Å². The smallest absolute Gasteiger partial charge is 0.339 e. The topological polar surface area (TPSA) is 32.8 Å². The summed E-state index contributed by atoms with van der Waals surface area (Å²) in [5, 5.41) is 2.30. The summed E-state index contributed by atoms with van der Waals surface area (Å²) in [5.74, 6) is -0.196. The van der Waals surface area contributed by atoms with Crippen LogP contribution in [0.5, 0.6) is 0 Å². The van der Waals surface area contributed by atoms with E-state index in [0.717, 1.165) is 30.6 Å². The summed E-state index contributed by atoms with van der Waals surface area (Å²) in [4.78, 5) is 17.0. The zero-order chi connectivity index (χ0) is 17.4. The van der Waals surface area contributed by atoms with E-state index in [-0.39, 0.29) is 5.97 Å². The second-order valence-electron chi connectivity index (χ2n) is 7.51. The molecule has 4 heteroatoms. The number of esters is 1. The molecule has 1 atom stereocenters. The molecule has 2 heterocycles. The molecule has 1 saturated heterocycles. The van der Waals surface area contributed by atoms with Crippen molar-refractivity contribution in [3.63, 3.8) is 0 Å². The summed E-state index contributed by atoms with van der Waals surface area (Å²) in [7, 11) is 4.37. The van der Waals surface area contributed by atoms with E-state index in [1.54, 1.807) is 0 Å². The first kappa shape index (κ1) is 16.6. The summed E-state index contributed by atoms with van der Waals surface area (Å²) < 4.78 is 5.28. The minimum Gasteiger partial charge on any atom is -0.457 e. The molecule has 2 aliphatic heterocycles. The van der Waals surface area contributed by atoms with Crippen molar-refractivity contribution >= 4 is 16.7 Å². The molecule has 25 heavy (non-hydrogen) atoms. The molecule has 0 radical (unpaired) electrons. The third kappa shape index (κ3) is 3.16. The van der Waals surface area contributed by atoms with Crippen molar-refractivity contribution in [3.8, 4) is 0 Å². The number of carbonyl (C=O) groups excluding carboxylic acids is 1. The van der Waals surface area contributed by atoms with Gasteiger partial charge in [-0.2, -0.15) is 0 Å². The zero-order valence-electron chi connectivity index (χ0n) is 15.1. The summed E-state index contributed by atoms with van der Waals surface area (Å²) >= 11 is 0. The fourth-order valence-electron chi connectivity index (χ4n) is 4.24. The highest BCUT2D eigenvalue weighted by atomic mass is 16.5. The Morgan fingerprint density at radius 1 is 1.16 bits per heavy atom. The van der Waals surface area contributed by atoms with Crippen LogP contribution < -0.4 is 0 Å². The average molecular weight is 338 g/mol. The molecule has 2 aromatic rings. The molecule has 0 aliphatic carbocycles. The molecule has 0 aromatic heterocycles. The van der Waals surface area contributed by atoms with E-state index in [9.17, 15) is 4.79 Å². The van der Waals surface area contributed by atoms with E-state index in [2.05, 4.69) is 42.1 Å². The van der Waals surface area contributed by atoms with E-state index in [1.807, 2.05) is 12.1 Å². The van der Waals surface area contributed by atoms with Crippen LogP contribution in [0.15, 0.2) is 30.3 Å². The van der Waals surface area contributed by atoms with Crippen LogP contribution in [0.4, 0.5) is 0 Å². The summed E-state index contributed by atoms with van der Waals surface area (Å²) in [6.07, 6.45) is 3.75. The molecule has 4 rings (SSSR count). The standard InChI is InChI=1S/C21H26N2O2/c1-22(2)17-5-4-11-23(12-10-17)13-15-8-9-16-14-25-21(24)19-7-3-6-18(15)20(16)19/h3,6-9,17H,4-5,10-14H2,1-2H3/t17-/m1/s1. The van der Waals surface area contributed by atoms with Gasteiger partial charge in [0.1, 0.15) is 6.61 Å². The molecule has 0 N–H and O–H groups in total. The van der Waals surface area contributed by atoms with Crippen LogP contribution in [0.1, 0.15) is 40.7 Å². The second kappa shape index (κ2) is 6.77. The van der Waals surface area contributed by atoms with Crippen molar-refractivity contribution in [1.29, 1.82) is 0 Å². The molecule has 0 unspecified atom stereocenters. The van der Waals surface area contributed by atoms with Gasteiger partial charge in [0.25, 0.3) is 0 Å². The number of benzene rings is 2. The van der Waals surface area contributed by atoms with Gasteiger partial charge in [0.2, 0.25) is 0 Å². The lowest BCUT2D eigenvalue weighted by Crippen LogP contribution is -2.30. The number of nitrogens with zero attached hydrogens (tertiary/aromatic N) is 2. The van der Waals surface area contributed by atoms with Gasteiger partial charge >= 0.3 is 5.97 Å². The maximum Gasteiger partial charge on any atom is 0.339 e. The highest BCUT2D eigenvalue weighted by molar-refractivity contribution is 6.08. The molecule has 0 bridgehead atoms. The van der Waals surface area contributed by atoms with Crippen molar-refractivity contribution in [2.45, 2.75) is 38.5 Å². The van der Waals surface area contributed by atoms with Crippen LogP contribution in [0, 0.1) is 0 Å². The van der Waals surface area contributed by atoms with Crippen LogP contribution in [0.2, 0.25) is 0 Å². The first-order chi connectivity index (χ1) is 12.1. The quantitative estimate of drug-likeness (QED) is 0.803. The van der Waals surface area contributed by atoms with E-state index >= 15 is 0 Å².